The van der Waals surface area contributed by atoms with E-state index in [1.807, 2.05) is 7.05 Å². The van der Waals surface area contributed by atoms with E-state index in [4.69, 9.17) is 15.6 Å². The Hall–Kier alpha value is -1.87. The zero-order valence-corrected chi connectivity index (χ0v) is 11.3. The van der Waals surface area contributed by atoms with Gasteiger partial charge in [0.05, 0.1) is 19.1 Å². The van der Waals surface area contributed by atoms with Crippen LogP contribution in [0.5, 0.6) is 0 Å². The third-order valence-corrected chi connectivity index (χ3v) is 2.84. The topological polar surface area (TPSA) is 134 Å². The Morgan fingerprint density at radius 2 is 2.20 bits per heavy atom. The molecule has 0 radical (unpaired) electrons. The lowest BCUT2D eigenvalue weighted by atomic mass is 10.2. The van der Waals surface area contributed by atoms with Crippen molar-refractivity contribution in [3.63, 3.8) is 0 Å². The second-order valence-corrected chi connectivity index (χ2v) is 4.67. The van der Waals surface area contributed by atoms with Gasteiger partial charge >= 0.3 is 12.0 Å². The largest absolute Gasteiger partial charge is 0.480 e. The van der Waals surface area contributed by atoms with Gasteiger partial charge in [-0.05, 0) is 7.05 Å². The molecule has 0 spiro atoms. The van der Waals surface area contributed by atoms with Crippen LogP contribution in [0.3, 0.4) is 0 Å². The maximum Gasteiger partial charge on any atom is 0.326 e. The van der Waals surface area contributed by atoms with Crippen LogP contribution < -0.4 is 16.4 Å². The summed E-state index contributed by atoms with van der Waals surface area (Å²) in [5.41, 5.74) is 4.91. The lowest BCUT2D eigenvalue weighted by molar-refractivity contribution is -0.140. The van der Waals surface area contributed by atoms with Crippen molar-refractivity contribution in [3.8, 4) is 0 Å². The minimum absolute atomic E-state index is 0.140. The number of nitrogens with two attached hydrogens (primary N) is 1. The Balaban J connectivity index is 2.34. The van der Waals surface area contributed by atoms with Crippen molar-refractivity contribution >= 4 is 17.9 Å². The van der Waals surface area contributed by atoms with E-state index in [1.165, 1.54) is 0 Å². The van der Waals surface area contributed by atoms with Gasteiger partial charge in [0.25, 0.3) is 0 Å². The molecule has 0 aromatic heterocycles. The Kier molecular flexibility index (Phi) is 6.19. The number of carbonyl (C=O) groups excluding carboxylic acids is 2. The number of carbonyl (C=O) groups is 3. The minimum Gasteiger partial charge on any atom is -0.480 e. The van der Waals surface area contributed by atoms with E-state index < -0.39 is 30.4 Å². The maximum atomic E-state index is 11.6. The van der Waals surface area contributed by atoms with E-state index in [0.717, 1.165) is 6.54 Å². The van der Waals surface area contributed by atoms with Gasteiger partial charge in [-0.1, -0.05) is 0 Å². The Morgan fingerprint density at radius 3 is 2.75 bits per heavy atom. The maximum absolute atomic E-state index is 11.6. The van der Waals surface area contributed by atoms with Crippen molar-refractivity contribution in [2.45, 2.75) is 18.6 Å². The van der Waals surface area contributed by atoms with Gasteiger partial charge in [0, 0.05) is 19.6 Å². The SMILES string of the molecule is CN1CCOC(CNC(=O)N[C@@H](CC(N)=O)C(=O)O)C1. The van der Waals surface area contributed by atoms with Crippen LogP contribution in [-0.4, -0.2) is 73.3 Å². The van der Waals surface area contributed by atoms with Gasteiger partial charge in [-0.3, -0.25) is 4.79 Å². The number of amides is 3. The van der Waals surface area contributed by atoms with E-state index >= 15 is 0 Å². The van der Waals surface area contributed by atoms with Crippen molar-refractivity contribution in [1.82, 2.24) is 15.5 Å². The Morgan fingerprint density at radius 1 is 1.50 bits per heavy atom. The number of morpholine rings is 1. The molecule has 0 aliphatic carbocycles. The number of aliphatic carboxylic acids is 1. The molecule has 114 valence electrons. The van der Waals surface area contributed by atoms with E-state index in [2.05, 4.69) is 15.5 Å². The van der Waals surface area contributed by atoms with Crippen LogP contribution in [-0.2, 0) is 14.3 Å². The van der Waals surface area contributed by atoms with Gasteiger partial charge in [-0.15, -0.1) is 0 Å². The number of nitrogens with one attached hydrogen (secondary N) is 2. The number of nitrogens with zero attached hydrogens (tertiary/aromatic N) is 1. The number of primary amides is 1. The number of rotatable bonds is 6. The molecule has 9 heteroatoms. The molecule has 0 bridgehead atoms. The summed E-state index contributed by atoms with van der Waals surface area (Å²) in [7, 11) is 1.95. The fourth-order valence-corrected chi connectivity index (χ4v) is 1.81. The quantitative estimate of drug-likeness (QED) is 0.444. The van der Waals surface area contributed by atoms with Crippen molar-refractivity contribution in [2.24, 2.45) is 5.73 Å². The standard InChI is InChI=1S/C11H20N4O5/c1-15-2-3-20-7(6-15)5-13-11(19)14-8(10(17)18)4-9(12)16/h7-8H,2-6H2,1H3,(H2,12,16)(H,17,18)(H2,13,14,19)/t7?,8-/m0/s1. The first kappa shape index (κ1) is 16.2. The molecule has 0 saturated carbocycles. The fraction of sp³-hybridized carbons (Fsp3) is 0.727. The minimum atomic E-state index is -1.33. The lowest BCUT2D eigenvalue weighted by Gasteiger charge is -2.30. The van der Waals surface area contributed by atoms with E-state index in [0.29, 0.717) is 13.2 Å². The van der Waals surface area contributed by atoms with Crippen molar-refractivity contribution in [2.75, 3.05) is 33.3 Å². The highest BCUT2D eigenvalue weighted by atomic mass is 16.5. The molecule has 1 unspecified atom stereocenters. The van der Waals surface area contributed by atoms with Crippen LogP contribution in [0.2, 0.25) is 0 Å². The zero-order chi connectivity index (χ0) is 15.1. The first-order chi connectivity index (χ1) is 9.38. The van der Waals surface area contributed by atoms with Crippen molar-refractivity contribution in [3.05, 3.63) is 0 Å². The summed E-state index contributed by atoms with van der Waals surface area (Å²) < 4.78 is 5.44. The number of carboxylic acids is 1. The first-order valence-corrected chi connectivity index (χ1v) is 6.24. The zero-order valence-electron chi connectivity index (χ0n) is 11.3. The Bertz CT molecular complexity index is 376. The molecule has 0 aromatic rings. The smallest absolute Gasteiger partial charge is 0.326 e. The van der Waals surface area contributed by atoms with Crippen LogP contribution in [0.4, 0.5) is 4.79 Å². The second-order valence-electron chi connectivity index (χ2n) is 4.67. The monoisotopic (exact) mass is 288 g/mol. The number of ether oxygens (including phenoxy) is 1. The third-order valence-electron chi connectivity index (χ3n) is 2.84. The van der Waals surface area contributed by atoms with Crippen LogP contribution in [0, 0.1) is 0 Å². The van der Waals surface area contributed by atoms with Crippen LogP contribution in [0.25, 0.3) is 0 Å². The van der Waals surface area contributed by atoms with Crippen molar-refractivity contribution < 1.29 is 24.2 Å². The molecule has 1 rings (SSSR count). The van der Waals surface area contributed by atoms with Gasteiger partial charge in [0.1, 0.15) is 6.04 Å². The molecule has 1 saturated heterocycles. The molecule has 1 aliphatic heterocycles. The lowest BCUT2D eigenvalue weighted by Crippen LogP contribution is -2.51. The molecule has 3 amide bonds. The highest BCUT2D eigenvalue weighted by molar-refractivity contribution is 5.87. The summed E-state index contributed by atoms with van der Waals surface area (Å²) in [5.74, 6) is -2.11. The van der Waals surface area contributed by atoms with Crippen molar-refractivity contribution in [1.29, 1.82) is 0 Å². The summed E-state index contributed by atoms with van der Waals surface area (Å²) in [6.45, 7) is 2.37. The van der Waals surface area contributed by atoms with E-state index in [-0.39, 0.29) is 12.6 Å². The number of likely N-dealkylation sites (N-methyl/N-ethyl adjacent to an activating group) is 1. The number of hydrogen-bond donors (Lipinski definition) is 4. The average Bonchev–Trinajstić information content (AvgIpc) is 2.35. The highest BCUT2D eigenvalue weighted by Gasteiger charge is 2.23. The first-order valence-electron chi connectivity index (χ1n) is 6.24. The molecular formula is C11H20N4O5. The Labute approximate surface area is 116 Å². The summed E-state index contributed by atoms with van der Waals surface area (Å²) in [6, 6.07) is -2.00. The number of hydrogen-bond acceptors (Lipinski definition) is 5. The molecule has 1 heterocycles. The molecule has 20 heavy (non-hydrogen) atoms. The fourth-order valence-electron chi connectivity index (χ4n) is 1.81. The van der Waals surface area contributed by atoms with Gasteiger partial charge in [0.15, 0.2) is 0 Å². The molecule has 1 fully saturated rings. The van der Waals surface area contributed by atoms with Gasteiger partial charge < -0.3 is 31.1 Å². The van der Waals surface area contributed by atoms with Crippen LogP contribution in [0.15, 0.2) is 0 Å². The molecule has 5 N–H and O–H groups in total. The van der Waals surface area contributed by atoms with Gasteiger partial charge in [-0.2, -0.15) is 0 Å². The highest BCUT2D eigenvalue weighted by Crippen LogP contribution is 2.01. The van der Waals surface area contributed by atoms with E-state index in [9.17, 15) is 14.4 Å². The molecular weight excluding hydrogens is 268 g/mol. The molecule has 2 atom stereocenters. The van der Waals surface area contributed by atoms with Gasteiger partial charge in [0.2, 0.25) is 5.91 Å². The summed E-state index contributed by atoms with van der Waals surface area (Å²) in [5, 5.41) is 13.5. The van der Waals surface area contributed by atoms with Gasteiger partial charge in [-0.25, -0.2) is 9.59 Å². The van der Waals surface area contributed by atoms with E-state index in [1.54, 1.807) is 0 Å². The summed E-state index contributed by atoms with van der Waals surface area (Å²) in [6.07, 6.45) is -0.593. The molecule has 0 aromatic carbocycles. The van der Waals surface area contributed by atoms with Crippen LogP contribution in [0.1, 0.15) is 6.42 Å². The predicted octanol–water partition coefficient (Wildman–Crippen LogP) is -2.06. The normalized spacial score (nSPS) is 20.9. The number of urea groups is 1. The third kappa shape index (κ3) is 5.85. The summed E-state index contributed by atoms with van der Waals surface area (Å²) in [4.78, 5) is 35.2. The number of carboxylic acid groups (broad SMARTS) is 1. The van der Waals surface area contributed by atoms with Crippen LogP contribution >= 0.6 is 0 Å². The summed E-state index contributed by atoms with van der Waals surface area (Å²) >= 11 is 0. The average molecular weight is 288 g/mol. The molecule has 9 nitrogen and oxygen atoms in total. The molecule has 1 aliphatic rings. The second kappa shape index (κ2) is 7.65. The predicted molar refractivity (Wildman–Crippen MR) is 69.0 cm³/mol.